The van der Waals surface area contributed by atoms with E-state index in [0.717, 1.165) is 25.2 Å². The lowest BCUT2D eigenvalue weighted by Crippen LogP contribution is -2.36. The third-order valence-electron chi connectivity index (χ3n) is 4.78. The van der Waals surface area contributed by atoms with Crippen LogP contribution in [-0.2, 0) is 11.4 Å². The number of nitrogens with zero attached hydrogens (tertiary/aromatic N) is 2. The highest BCUT2D eigenvalue weighted by Gasteiger charge is 2.20. The van der Waals surface area contributed by atoms with Crippen molar-refractivity contribution >= 4 is 34.5 Å². The number of carbonyl (C=O) groups excluding carboxylic acids is 1. The lowest BCUT2D eigenvalue weighted by molar-refractivity contribution is 0.0601. The van der Waals surface area contributed by atoms with E-state index in [4.69, 9.17) is 16.3 Å². The maximum atomic E-state index is 11.6. The van der Waals surface area contributed by atoms with Crippen LogP contribution in [0.4, 0.5) is 0 Å². The molecule has 0 saturated carbocycles. The first-order valence-electron chi connectivity index (χ1n) is 8.53. The van der Waals surface area contributed by atoms with Crippen molar-refractivity contribution in [2.45, 2.75) is 13.1 Å². The lowest BCUT2D eigenvalue weighted by Gasteiger charge is -2.37. The fourth-order valence-corrected chi connectivity index (χ4v) is 3.53. The molecule has 0 spiro atoms. The molecule has 2 aromatic carbocycles. The molecule has 132 valence electrons. The summed E-state index contributed by atoms with van der Waals surface area (Å²) in [6.45, 7) is 1.86. The van der Waals surface area contributed by atoms with Gasteiger partial charge in [-0.15, -0.1) is 0 Å². The largest absolute Gasteiger partial charge is 0.465 e. The number of rotatable bonds is 4. The quantitative estimate of drug-likeness (QED) is 0.623. The zero-order chi connectivity index (χ0) is 18.1. The molecule has 1 fully saturated rings. The minimum atomic E-state index is -0.418. The fourth-order valence-electron chi connectivity index (χ4n) is 3.26. The van der Waals surface area contributed by atoms with Gasteiger partial charge in [0.25, 0.3) is 0 Å². The van der Waals surface area contributed by atoms with Crippen molar-refractivity contribution < 1.29 is 9.53 Å². The Kier molecular flexibility index (Phi) is 4.43. The van der Waals surface area contributed by atoms with Gasteiger partial charge in [0.1, 0.15) is 0 Å². The Morgan fingerprint density at radius 3 is 2.81 bits per heavy atom. The van der Waals surface area contributed by atoms with E-state index in [1.165, 1.54) is 23.7 Å². The first-order valence-corrected chi connectivity index (χ1v) is 8.91. The molecule has 1 saturated heterocycles. The van der Waals surface area contributed by atoms with Gasteiger partial charge in [0.15, 0.2) is 0 Å². The second-order valence-corrected chi connectivity index (χ2v) is 6.77. The van der Waals surface area contributed by atoms with Crippen molar-refractivity contribution in [3.63, 3.8) is 0 Å². The van der Waals surface area contributed by atoms with Gasteiger partial charge in [-0.05, 0) is 41.3 Å². The van der Waals surface area contributed by atoms with Crippen LogP contribution >= 0.6 is 11.6 Å². The zero-order valence-electron chi connectivity index (χ0n) is 14.5. The van der Waals surface area contributed by atoms with Crippen molar-refractivity contribution in [1.82, 2.24) is 9.47 Å². The Labute approximate surface area is 157 Å². The predicted octanol–water partition coefficient (Wildman–Crippen LogP) is 4.79. The van der Waals surface area contributed by atoms with Crippen LogP contribution in [0.5, 0.6) is 0 Å². The van der Waals surface area contributed by atoms with Gasteiger partial charge in [-0.25, -0.2) is 4.79 Å². The van der Waals surface area contributed by atoms with Crippen LogP contribution in [0.1, 0.15) is 22.3 Å². The molecule has 0 radical (unpaired) electrons. The van der Waals surface area contributed by atoms with E-state index in [9.17, 15) is 4.79 Å². The SMILES string of the molecule is COC(=O)c1ccc(C=C2CCN2Cn2ccc3ccccc32)cc1Cl. The summed E-state index contributed by atoms with van der Waals surface area (Å²) in [5.41, 5.74) is 3.88. The lowest BCUT2D eigenvalue weighted by atomic mass is 10.1. The topological polar surface area (TPSA) is 34.5 Å². The molecule has 0 unspecified atom stereocenters. The maximum absolute atomic E-state index is 11.6. The average molecular weight is 367 g/mol. The highest BCUT2D eigenvalue weighted by molar-refractivity contribution is 6.33. The van der Waals surface area contributed by atoms with Crippen molar-refractivity contribution in [2.24, 2.45) is 0 Å². The second-order valence-electron chi connectivity index (χ2n) is 6.37. The average Bonchev–Trinajstić information content (AvgIpc) is 3.06. The maximum Gasteiger partial charge on any atom is 0.339 e. The summed E-state index contributed by atoms with van der Waals surface area (Å²) in [5.74, 6) is -0.418. The van der Waals surface area contributed by atoms with E-state index in [1.54, 1.807) is 6.07 Å². The summed E-state index contributed by atoms with van der Waals surface area (Å²) < 4.78 is 6.99. The fraction of sp³-hybridized carbons (Fsp3) is 0.190. The van der Waals surface area contributed by atoms with Crippen LogP contribution in [0.15, 0.2) is 60.4 Å². The molecule has 0 bridgehead atoms. The monoisotopic (exact) mass is 366 g/mol. The Morgan fingerprint density at radius 1 is 1.23 bits per heavy atom. The highest BCUT2D eigenvalue weighted by atomic mass is 35.5. The molecular weight excluding hydrogens is 348 g/mol. The summed E-state index contributed by atoms with van der Waals surface area (Å²) >= 11 is 6.22. The molecule has 26 heavy (non-hydrogen) atoms. The summed E-state index contributed by atoms with van der Waals surface area (Å²) in [7, 11) is 1.35. The van der Waals surface area contributed by atoms with Crippen molar-refractivity contribution in [3.05, 3.63) is 76.6 Å². The van der Waals surface area contributed by atoms with E-state index in [0.29, 0.717) is 10.6 Å². The van der Waals surface area contributed by atoms with Gasteiger partial charge in [-0.1, -0.05) is 35.9 Å². The number of para-hydroxylation sites is 1. The highest BCUT2D eigenvalue weighted by Crippen LogP contribution is 2.28. The van der Waals surface area contributed by atoms with Crippen LogP contribution in [0.3, 0.4) is 0 Å². The van der Waals surface area contributed by atoms with Crippen molar-refractivity contribution in [2.75, 3.05) is 13.7 Å². The van der Waals surface area contributed by atoms with Crippen LogP contribution in [0.25, 0.3) is 17.0 Å². The molecule has 0 atom stereocenters. The smallest absolute Gasteiger partial charge is 0.339 e. The molecule has 0 aliphatic carbocycles. The van der Waals surface area contributed by atoms with E-state index in [-0.39, 0.29) is 0 Å². The number of methoxy groups -OCH3 is 1. The molecule has 4 rings (SSSR count). The van der Waals surface area contributed by atoms with E-state index < -0.39 is 5.97 Å². The molecule has 1 aliphatic rings. The van der Waals surface area contributed by atoms with Crippen LogP contribution in [0, 0.1) is 0 Å². The minimum Gasteiger partial charge on any atom is -0.465 e. The number of hydrogen-bond donors (Lipinski definition) is 0. The summed E-state index contributed by atoms with van der Waals surface area (Å²) in [6.07, 6.45) is 5.29. The third-order valence-corrected chi connectivity index (χ3v) is 5.09. The third kappa shape index (κ3) is 3.08. The van der Waals surface area contributed by atoms with Crippen LogP contribution in [0.2, 0.25) is 5.02 Å². The second kappa shape index (κ2) is 6.89. The van der Waals surface area contributed by atoms with Gasteiger partial charge >= 0.3 is 5.97 Å². The number of carbonyl (C=O) groups is 1. The molecule has 5 heteroatoms. The van der Waals surface area contributed by atoms with Gasteiger partial charge < -0.3 is 14.2 Å². The molecule has 4 nitrogen and oxygen atoms in total. The van der Waals surface area contributed by atoms with Crippen LogP contribution in [-0.4, -0.2) is 29.1 Å². The van der Waals surface area contributed by atoms with E-state index in [2.05, 4.69) is 52.1 Å². The predicted molar refractivity (Wildman–Crippen MR) is 104 cm³/mol. The molecule has 3 aromatic rings. The number of hydrogen-bond acceptors (Lipinski definition) is 3. The molecule has 0 amide bonds. The van der Waals surface area contributed by atoms with Gasteiger partial charge in [-0.3, -0.25) is 0 Å². The van der Waals surface area contributed by atoms with Gasteiger partial charge in [0.05, 0.1) is 24.4 Å². The molecule has 1 aromatic heterocycles. The number of ether oxygens (including phenoxy) is 1. The first-order chi connectivity index (χ1) is 12.7. The van der Waals surface area contributed by atoms with Crippen LogP contribution < -0.4 is 0 Å². The molecule has 1 aliphatic heterocycles. The Balaban J connectivity index is 1.53. The van der Waals surface area contributed by atoms with Crippen molar-refractivity contribution in [1.29, 1.82) is 0 Å². The Hall–Kier alpha value is -2.72. The van der Waals surface area contributed by atoms with Gasteiger partial charge in [0.2, 0.25) is 0 Å². The Morgan fingerprint density at radius 2 is 2.08 bits per heavy atom. The minimum absolute atomic E-state index is 0.389. The zero-order valence-corrected chi connectivity index (χ0v) is 15.2. The number of aromatic nitrogens is 1. The number of fused-ring (bicyclic) bond motifs is 1. The van der Waals surface area contributed by atoms with Gasteiger partial charge in [-0.2, -0.15) is 0 Å². The summed E-state index contributed by atoms with van der Waals surface area (Å²) in [5, 5.41) is 1.66. The van der Waals surface area contributed by atoms with Gasteiger partial charge in [0, 0.05) is 30.4 Å². The standard InChI is InChI=1S/C21H19ClN2O2/c1-26-21(25)18-7-6-15(13-19(18)22)12-17-9-11-23(17)14-24-10-8-16-4-2-3-5-20(16)24/h2-8,10,12-13H,9,11,14H2,1H3. The van der Waals surface area contributed by atoms with E-state index in [1.807, 2.05) is 12.1 Å². The molecule has 2 heterocycles. The number of likely N-dealkylation sites (tertiary alicyclic amines) is 1. The van der Waals surface area contributed by atoms with Crippen molar-refractivity contribution in [3.8, 4) is 0 Å². The number of esters is 1. The normalized spacial score (nSPS) is 15.3. The Bertz CT molecular complexity index is 1010. The summed E-state index contributed by atoms with van der Waals surface area (Å²) in [4.78, 5) is 14.0. The van der Waals surface area contributed by atoms with E-state index >= 15 is 0 Å². The molecule has 0 N–H and O–H groups in total. The first kappa shape index (κ1) is 16.7. The molecular formula is C21H19ClN2O2. The summed E-state index contributed by atoms with van der Waals surface area (Å²) in [6, 6.07) is 16.0. The number of benzene rings is 2. The number of halogens is 1.